The molecule has 6 nitrogen and oxygen atoms in total. The number of hydrogen-bond donors (Lipinski definition) is 1. The Morgan fingerprint density at radius 3 is 2.82 bits per heavy atom. The van der Waals surface area contributed by atoms with Crippen molar-refractivity contribution >= 4 is 0 Å². The number of pyridine rings is 1. The standard InChI is InChI=1S/C28H32N4O2/c1-18-22-15-28(33)25-13-20-8-9-21(34-2)14-23(20)27(28,10-12-31(25)17-19-6-7-19)16-24(22)32(30-18)26-5-3-4-11-29-26/h3-5,8-9,11,14,19,25,33H,6-7,10,12-13,15-17H2,1-2H3/t25?,27-,28-/m1/s1. The van der Waals surface area contributed by atoms with E-state index in [4.69, 9.17) is 9.84 Å². The maximum atomic E-state index is 12.8. The molecule has 34 heavy (non-hydrogen) atoms. The van der Waals surface area contributed by atoms with E-state index in [-0.39, 0.29) is 11.5 Å². The number of rotatable bonds is 4. The molecule has 2 bridgehead atoms. The first kappa shape index (κ1) is 20.7. The van der Waals surface area contributed by atoms with Crippen LogP contribution in [0.2, 0.25) is 0 Å². The van der Waals surface area contributed by atoms with Gasteiger partial charge in [-0.1, -0.05) is 12.1 Å². The van der Waals surface area contributed by atoms with Crippen LogP contribution in [0.15, 0.2) is 42.6 Å². The van der Waals surface area contributed by atoms with E-state index in [2.05, 4.69) is 35.0 Å². The van der Waals surface area contributed by atoms with Crippen LogP contribution in [-0.4, -0.2) is 56.6 Å². The predicted octanol–water partition coefficient (Wildman–Crippen LogP) is 3.39. The number of fused-ring (bicyclic) bond motifs is 2. The van der Waals surface area contributed by atoms with Gasteiger partial charge in [0.1, 0.15) is 5.75 Å². The van der Waals surface area contributed by atoms with Gasteiger partial charge in [-0.05, 0) is 86.0 Å². The summed E-state index contributed by atoms with van der Waals surface area (Å²) in [5.41, 5.74) is 4.86. The quantitative estimate of drug-likeness (QED) is 0.652. The summed E-state index contributed by atoms with van der Waals surface area (Å²) in [6, 6.07) is 12.6. The molecule has 7 rings (SSSR count). The molecule has 3 aromatic rings. The fourth-order valence-corrected chi connectivity index (χ4v) is 7.22. The zero-order valence-electron chi connectivity index (χ0n) is 20.0. The number of aryl methyl sites for hydroxylation is 1. The second-order valence-corrected chi connectivity index (χ2v) is 10.9. The summed E-state index contributed by atoms with van der Waals surface area (Å²) in [6.45, 7) is 4.23. The minimum absolute atomic E-state index is 0.133. The number of nitrogens with zero attached hydrogens (tertiary/aromatic N) is 4. The molecule has 1 saturated heterocycles. The van der Waals surface area contributed by atoms with Crippen LogP contribution in [0.5, 0.6) is 5.75 Å². The molecular weight excluding hydrogens is 424 g/mol. The third-order valence-electron chi connectivity index (χ3n) is 9.15. The Morgan fingerprint density at radius 1 is 1.18 bits per heavy atom. The monoisotopic (exact) mass is 456 g/mol. The van der Waals surface area contributed by atoms with Gasteiger partial charge in [-0.2, -0.15) is 5.10 Å². The lowest BCUT2D eigenvalue weighted by molar-refractivity contribution is -0.152. The Labute approximate surface area is 200 Å². The Balaban J connectivity index is 1.43. The number of hydrogen-bond acceptors (Lipinski definition) is 5. The van der Waals surface area contributed by atoms with Gasteiger partial charge < -0.3 is 9.84 Å². The van der Waals surface area contributed by atoms with Crippen molar-refractivity contribution < 1.29 is 9.84 Å². The minimum Gasteiger partial charge on any atom is -0.497 e. The summed E-state index contributed by atoms with van der Waals surface area (Å²) in [6.07, 6.45) is 7.74. The Hall–Kier alpha value is -2.70. The summed E-state index contributed by atoms with van der Waals surface area (Å²) < 4.78 is 7.68. The number of methoxy groups -OCH3 is 1. The Kier molecular flexibility index (Phi) is 4.35. The van der Waals surface area contributed by atoms with E-state index in [1.807, 2.05) is 29.1 Å². The molecule has 3 atom stereocenters. The number of aromatic nitrogens is 3. The van der Waals surface area contributed by atoms with Gasteiger partial charge in [0.25, 0.3) is 0 Å². The smallest absolute Gasteiger partial charge is 0.153 e. The first-order valence-corrected chi connectivity index (χ1v) is 12.6. The van der Waals surface area contributed by atoms with Crippen LogP contribution >= 0.6 is 0 Å². The fourth-order valence-electron chi connectivity index (χ4n) is 7.22. The molecule has 0 amide bonds. The summed E-state index contributed by atoms with van der Waals surface area (Å²) in [7, 11) is 1.73. The third-order valence-corrected chi connectivity index (χ3v) is 9.15. The SMILES string of the molecule is COc1ccc2c(c1)[C@]13CCN(CC4CC4)C(C2)[C@]1(O)Cc1c(C)nn(-c2ccccn2)c1C3. The van der Waals surface area contributed by atoms with Crippen molar-refractivity contribution in [1.29, 1.82) is 0 Å². The molecule has 0 spiro atoms. The van der Waals surface area contributed by atoms with Gasteiger partial charge in [0, 0.05) is 37.0 Å². The summed E-state index contributed by atoms with van der Waals surface area (Å²) in [4.78, 5) is 7.22. The fraction of sp³-hybridized carbons (Fsp3) is 0.500. The molecule has 3 aliphatic carbocycles. The van der Waals surface area contributed by atoms with E-state index in [1.165, 1.54) is 35.2 Å². The van der Waals surface area contributed by atoms with E-state index in [0.717, 1.165) is 55.5 Å². The highest BCUT2D eigenvalue weighted by molar-refractivity contribution is 5.53. The third kappa shape index (κ3) is 2.75. The average Bonchev–Trinajstić information content (AvgIpc) is 3.62. The van der Waals surface area contributed by atoms with Crippen LogP contribution in [0.1, 0.15) is 47.3 Å². The van der Waals surface area contributed by atoms with Crippen molar-refractivity contribution in [2.45, 2.75) is 62.5 Å². The predicted molar refractivity (Wildman–Crippen MR) is 130 cm³/mol. The molecule has 1 aliphatic heterocycles. The first-order chi connectivity index (χ1) is 16.5. The normalized spacial score (nSPS) is 29.8. The lowest BCUT2D eigenvalue weighted by atomic mass is 9.49. The van der Waals surface area contributed by atoms with E-state index in [9.17, 15) is 5.11 Å². The number of aliphatic hydroxyl groups is 1. The van der Waals surface area contributed by atoms with Crippen molar-refractivity contribution in [3.8, 4) is 11.6 Å². The molecule has 1 unspecified atom stereocenters. The molecule has 0 radical (unpaired) electrons. The Morgan fingerprint density at radius 2 is 2.06 bits per heavy atom. The van der Waals surface area contributed by atoms with E-state index in [1.54, 1.807) is 7.11 Å². The zero-order valence-corrected chi connectivity index (χ0v) is 20.0. The second kappa shape index (κ2) is 7.15. The highest BCUT2D eigenvalue weighted by Gasteiger charge is 2.65. The van der Waals surface area contributed by atoms with Crippen molar-refractivity contribution in [3.63, 3.8) is 0 Å². The van der Waals surface area contributed by atoms with Crippen molar-refractivity contribution in [2.75, 3.05) is 20.2 Å². The summed E-state index contributed by atoms with van der Waals surface area (Å²) in [5, 5.41) is 17.7. The van der Waals surface area contributed by atoms with Gasteiger partial charge in [0.05, 0.1) is 24.1 Å². The lowest BCUT2D eigenvalue weighted by Crippen LogP contribution is -2.74. The molecule has 1 aromatic carbocycles. The average molecular weight is 457 g/mol. The van der Waals surface area contributed by atoms with E-state index >= 15 is 0 Å². The molecule has 2 fully saturated rings. The lowest BCUT2D eigenvalue weighted by Gasteiger charge is -2.63. The maximum Gasteiger partial charge on any atom is 0.153 e. The van der Waals surface area contributed by atoms with Crippen LogP contribution in [0.25, 0.3) is 5.82 Å². The molecular formula is C28H32N4O2. The number of benzene rings is 1. The largest absolute Gasteiger partial charge is 0.497 e. The van der Waals surface area contributed by atoms with Gasteiger partial charge in [-0.3, -0.25) is 4.90 Å². The van der Waals surface area contributed by atoms with Crippen LogP contribution in [0.3, 0.4) is 0 Å². The van der Waals surface area contributed by atoms with Gasteiger partial charge in [-0.25, -0.2) is 9.67 Å². The van der Waals surface area contributed by atoms with Crippen molar-refractivity contribution in [3.05, 3.63) is 70.7 Å². The van der Waals surface area contributed by atoms with Gasteiger partial charge in [-0.15, -0.1) is 0 Å². The zero-order chi connectivity index (χ0) is 23.1. The van der Waals surface area contributed by atoms with Gasteiger partial charge >= 0.3 is 0 Å². The van der Waals surface area contributed by atoms with Crippen LogP contribution in [0.4, 0.5) is 0 Å². The molecule has 176 valence electrons. The second-order valence-electron chi connectivity index (χ2n) is 10.9. The Bertz CT molecular complexity index is 1270. The van der Waals surface area contributed by atoms with Crippen LogP contribution < -0.4 is 4.74 Å². The highest BCUT2D eigenvalue weighted by Crippen LogP contribution is 2.58. The van der Waals surface area contributed by atoms with Crippen molar-refractivity contribution in [1.82, 2.24) is 19.7 Å². The molecule has 1 N–H and O–H groups in total. The number of ether oxygens (including phenoxy) is 1. The minimum atomic E-state index is -0.824. The summed E-state index contributed by atoms with van der Waals surface area (Å²) >= 11 is 0. The highest BCUT2D eigenvalue weighted by atomic mass is 16.5. The maximum absolute atomic E-state index is 12.8. The topological polar surface area (TPSA) is 63.4 Å². The van der Waals surface area contributed by atoms with Crippen LogP contribution in [-0.2, 0) is 24.7 Å². The van der Waals surface area contributed by atoms with Gasteiger partial charge in [0.2, 0.25) is 0 Å². The van der Waals surface area contributed by atoms with Crippen LogP contribution in [0, 0.1) is 12.8 Å². The molecule has 6 heteroatoms. The first-order valence-electron chi connectivity index (χ1n) is 12.6. The van der Waals surface area contributed by atoms with E-state index in [0.29, 0.717) is 6.42 Å². The molecule has 4 aliphatic rings. The van der Waals surface area contributed by atoms with Gasteiger partial charge in [0.15, 0.2) is 5.82 Å². The van der Waals surface area contributed by atoms with E-state index < -0.39 is 5.60 Å². The number of piperidine rings is 1. The summed E-state index contributed by atoms with van der Waals surface area (Å²) in [5.74, 6) is 2.52. The molecule has 3 heterocycles. The number of likely N-dealkylation sites (tertiary alicyclic amines) is 1. The molecule has 1 saturated carbocycles. The van der Waals surface area contributed by atoms with Crippen molar-refractivity contribution in [2.24, 2.45) is 5.92 Å². The molecule has 2 aromatic heterocycles.